The number of pyridine rings is 1. The summed E-state index contributed by atoms with van der Waals surface area (Å²) < 4.78 is 12.3. The molecular weight excluding hydrogens is 143 g/mol. The molecule has 0 radical (unpaired) electrons. The molecule has 4 heteroatoms. The zero-order chi connectivity index (χ0) is 6.85. The first-order valence-corrected chi connectivity index (χ1v) is 2.65. The van der Waals surface area contributed by atoms with Crippen molar-refractivity contribution in [3.05, 3.63) is 23.2 Å². The Morgan fingerprint density at radius 1 is 1.56 bits per heavy atom. The van der Waals surface area contributed by atoms with E-state index in [0.29, 0.717) is 0 Å². The SMILES string of the molecule is Nc1ccc(Cl)nc1F. The van der Waals surface area contributed by atoms with Crippen LogP contribution in [0.1, 0.15) is 0 Å². The van der Waals surface area contributed by atoms with Gasteiger partial charge in [0.25, 0.3) is 0 Å². The van der Waals surface area contributed by atoms with E-state index in [4.69, 9.17) is 17.3 Å². The zero-order valence-corrected chi connectivity index (χ0v) is 5.19. The van der Waals surface area contributed by atoms with Gasteiger partial charge >= 0.3 is 0 Å². The van der Waals surface area contributed by atoms with Crippen LogP contribution in [-0.2, 0) is 0 Å². The van der Waals surface area contributed by atoms with Gasteiger partial charge in [0.05, 0.1) is 5.69 Å². The van der Waals surface area contributed by atoms with Gasteiger partial charge < -0.3 is 5.73 Å². The summed E-state index contributed by atoms with van der Waals surface area (Å²) in [7, 11) is 0. The normalized spacial score (nSPS) is 9.56. The summed E-state index contributed by atoms with van der Waals surface area (Å²) >= 11 is 5.31. The van der Waals surface area contributed by atoms with E-state index in [-0.39, 0.29) is 10.8 Å². The van der Waals surface area contributed by atoms with Crippen molar-refractivity contribution < 1.29 is 4.39 Å². The van der Waals surface area contributed by atoms with Crippen LogP contribution in [0.3, 0.4) is 0 Å². The topological polar surface area (TPSA) is 38.9 Å². The van der Waals surface area contributed by atoms with Gasteiger partial charge in [-0.05, 0) is 12.1 Å². The number of hydrogen-bond donors (Lipinski definition) is 1. The van der Waals surface area contributed by atoms with Crippen LogP contribution in [0.4, 0.5) is 10.1 Å². The molecule has 0 spiro atoms. The quantitative estimate of drug-likeness (QED) is 0.563. The number of anilines is 1. The minimum atomic E-state index is -0.720. The average Bonchev–Trinajstić information content (AvgIpc) is 1.80. The molecule has 0 unspecified atom stereocenters. The van der Waals surface area contributed by atoms with Crippen molar-refractivity contribution in [1.82, 2.24) is 4.98 Å². The maximum atomic E-state index is 12.3. The Labute approximate surface area is 56.5 Å². The highest BCUT2D eigenvalue weighted by molar-refractivity contribution is 6.29. The minimum absolute atomic E-state index is 0.0133. The molecule has 2 nitrogen and oxygen atoms in total. The fourth-order valence-corrected chi connectivity index (χ4v) is 0.560. The third kappa shape index (κ3) is 1.29. The fourth-order valence-electron chi connectivity index (χ4n) is 0.423. The van der Waals surface area contributed by atoms with E-state index < -0.39 is 5.95 Å². The Hall–Kier alpha value is -0.830. The van der Waals surface area contributed by atoms with Gasteiger partial charge in [-0.3, -0.25) is 0 Å². The van der Waals surface area contributed by atoms with E-state index in [2.05, 4.69) is 4.98 Å². The van der Waals surface area contributed by atoms with Crippen LogP contribution >= 0.6 is 11.6 Å². The van der Waals surface area contributed by atoms with E-state index in [9.17, 15) is 4.39 Å². The van der Waals surface area contributed by atoms with Gasteiger partial charge in [0.2, 0.25) is 5.95 Å². The van der Waals surface area contributed by atoms with Crippen LogP contribution in [0.2, 0.25) is 5.15 Å². The van der Waals surface area contributed by atoms with Crippen molar-refractivity contribution in [2.75, 3.05) is 5.73 Å². The smallest absolute Gasteiger partial charge is 0.237 e. The molecule has 0 saturated heterocycles. The summed E-state index contributed by atoms with van der Waals surface area (Å²) in [4.78, 5) is 3.25. The van der Waals surface area contributed by atoms with Crippen LogP contribution in [0.5, 0.6) is 0 Å². The summed E-state index contributed by atoms with van der Waals surface area (Å²) in [5.41, 5.74) is 5.11. The molecule has 0 amide bonds. The van der Waals surface area contributed by atoms with Gasteiger partial charge in [0.15, 0.2) is 0 Å². The third-order valence-electron chi connectivity index (χ3n) is 0.844. The largest absolute Gasteiger partial charge is 0.395 e. The highest BCUT2D eigenvalue weighted by Gasteiger charge is 1.97. The van der Waals surface area contributed by atoms with E-state index in [1.165, 1.54) is 12.1 Å². The standard InChI is InChI=1S/C5H4ClFN2/c6-4-2-1-3(8)5(7)9-4/h1-2H,8H2. The van der Waals surface area contributed by atoms with Gasteiger partial charge in [0.1, 0.15) is 5.15 Å². The molecule has 1 heterocycles. The lowest BCUT2D eigenvalue weighted by Crippen LogP contribution is -1.92. The van der Waals surface area contributed by atoms with E-state index in [0.717, 1.165) is 0 Å². The Bertz CT molecular complexity index is 226. The van der Waals surface area contributed by atoms with E-state index >= 15 is 0 Å². The molecule has 1 rings (SSSR count). The highest BCUT2D eigenvalue weighted by atomic mass is 35.5. The molecule has 0 aliphatic rings. The lowest BCUT2D eigenvalue weighted by Gasteiger charge is -1.92. The van der Waals surface area contributed by atoms with Crippen LogP contribution < -0.4 is 5.73 Å². The number of halogens is 2. The summed E-state index contributed by atoms with van der Waals surface area (Å²) in [6, 6.07) is 2.80. The summed E-state index contributed by atoms with van der Waals surface area (Å²) in [5, 5.41) is 0.113. The number of hydrogen-bond acceptors (Lipinski definition) is 2. The molecule has 0 aliphatic heterocycles. The highest BCUT2D eigenvalue weighted by Crippen LogP contribution is 2.10. The zero-order valence-electron chi connectivity index (χ0n) is 4.44. The summed E-state index contributed by atoms with van der Waals surface area (Å²) in [6.45, 7) is 0. The maximum Gasteiger partial charge on any atom is 0.237 e. The average molecular weight is 147 g/mol. The molecule has 48 valence electrons. The molecule has 1 aromatic rings. The van der Waals surface area contributed by atoms with Gasteiger partial charge in [-0.25, -0.2) is 4.98 Å². The predicted octanol–water partition coefficient (Wildman–Crippen LogP) is 1.46. The van der Waals surface area contributed by atoms with Crippen LogP contribution in [0.25, 0.3) is 0 Å². The molecule has 0 atom stereocenters. The molecule has 2 N–H and O–H groups in total. The van der Waals surface area contributed by atoms with Crippen molar-refractivity contribution in [3.63, 3.8) is 0 Å². The Morgan fingerprint density at radius 3 is 2.67 bits per heavy atom. The van der Waals surface area contributed by atoms with E-state index in [1.807, 2.05) is 0 Å². The monoisotopic (exact) mass is 146 g/mol. The Kier molecular flexibility index (Phi) is 1.53. The number of rotatable bonds is 0. The number of nitrogens with zero attached hydrogens (tertiary/aromatic N) is 1. The molecular formula is C5H4ClFN2. The number of aromatic nitrogens is 1. The number of nitrogen functional groups attached to an aromatic ring is 1. The Balaban J connectivity index is 3.17. The Morgan fingerprint density at radius 2 is 2.22 bits per heavy atom. The number of nitrogens with two attached hydrogens (primary N) is 1. The van der Waals surface area contributed by atoms with E-state index in [1.54, 1.807) is 0 Å². The van der Waals surface area contributed by atoms with Gasteiger partial charge in [-0.15, -0.1) is 0 Å². The van der Waals surface area contributed by atoms with Crippen molar-refractivity contribution in [2.24, 2.45) is 0 Å². The minimum Gasteiger partial charge on any atom is -0.395 e. The lowest BCUT2D eigenvalue weighted by atomic mass is 10.4. The van der Waals surface area contributed by atoms with Crippen molar-refractivity contribution >= 4 is 17.3 Å². The molecule has 0 aliphatic carbocycles. The lowest BCUT2D eigenvalue weighted by molar-refractivity contribution is 0.589. The van der Waals surface area contributed by atoms with Gasteiger partial charge in [-0.2, -0.15) is 4.39 Å². The first-order valence-electron chi connectivity index (χ1n) is 2.27. The molecule has 0 aromatic carbocycles. The molecule has 9 heavy (non-hydrogen) atoms. The maximum absolute atomic E-state index is 12.3. The summed E-state index contributed by atoms with van der Waals surface area (Å²) in [6.07, 6.45) is 0. The van der Waals surface area contributed by atoms with Crippen molar-refractivity contribution in [2.45, 2.75) is 0 Å². The summed E-state index contributed by atoms with van der Waals surface area (Å²) in [5.74, 6) is -0.720. The molecule has 0 saturated carbocycles. The first-order chi connectivity index (χ1) is 4.20. The van der Waals surface area contributed by atoms with Crippen molar-refractivity contribution in [3.8, 4) is 0 Å². The molecule has 1 aromatic heterocycles. The third-order valence-corrected chi connectivity index (χ3v) is 1.05. The molecule has 0 fully saturated rings. The first kappa shape index (κ1) is 6.29. The van der Waals surface area contributed by atoms with Gasteiger partial charge in [0, 0.05) is 0 Å². The second-order valence-corrected chi connectivity index (χ2v) is 1.90. The van der Waals surface area contributed by atoms with Crippen LogP contribution in [0, 0.1) is 5.95 Å². The second-order valence-electron chi connectivity index (χ2n) is 1.51. The van der Waals surface area contributed by atoms with Crippen LogP contribution in [-0.4, -0.2) is 4.98 Å². The fraction of sp³-hybridized carbons (Fsp3) is 0. The van der Waals surface area contributed by atoms with Crippen molar-refractivity contribution in [1.29, 1.82) is 0 Å². The van der Waals surface area contributed by atoms with Gasteiger partial charge in [-0.1, -0.05) is 11.6 Å². The second kappa shape index (κ2) is 2.19. The van der Waals surface area contributed by atoms with Crippen LogP contribution in [0.15, 0.2) is 12.1 Å². The molecule has 0 bridgehead atoms. The predicted molar refractivity (Wildman–Crippen MR) is 33.6 cm³/mol.